The average Bonchev–Trinajstić information content (AvgIpc) is 2.37. The van der Waals surface area contributed by atoms with Crippen molar-refractivity contribution in [3.8, 4) is 0 Å². The second kappa shape index (κ2) is 7.06. The van der Waals surface area contributed by atoms with E-state index in [-0.39, 0.29) is 35.3 Å². The molecule has 0 saturated heterocycles. The number of aliphatic hydroxyl groups excluding tert-OH is 1. The van der Waals surface area contributed by atoms with E-state index < -0.39 is 4.92 Å². The lowest BCUT2D eigenvalue weighted by molar-refractivity contribution is -0.384. The second-order valence-corrected chi connectivity index (χ2v) is 4.34. The topological polar surface area (TPSA) is 83.7 Å². The fourth-order valence-electron chi connectivity index (χ4n) is 1.67. The van der Waals surface area contributed by atoms with Crippen molar-refractivity contribution >= 4 is 23.2 Å². The van der Waals surface area contributed by atoms with Gasteiger partial charge in [0.15, 0.2) is 0 Å². The number of halogens is 1. The number of benzene rings is 1. The zero-order chi connectivity index (χ0) is 14.4. The molecule has 0 unspecified atom stereocenters. The smallest absolute Gasteiger partial charge is 0.270 e. The Morgan fingerprint density at radius 2 is 2.16 bits per heavy atom. The first kappa shape index (κ1) is 15.4. The number of hydrogen-bond donors (Lipinski definition) is 1. The van der Waals surface area contributed by atoms with Gasteiger partial charge in [0, 0.05) is 25.2 Å². The number of hydrogen-bond acceptors (Lipinski definition) is 4. The first-order valence-electron chi connectivity index (χ1n) is 5.85. The minimum absolute atomic E-state index is 0.0400. The molecule has 1 N–H and O–H groups in total. The predicted molar refractivity (Wildman–Crippen MR) is 71.4 cm³/mol. The molecule has 6 nitrogen and oxygen atoms in total. The van der Waals surface area contributed by atoms with Crippen molar-refractivity contribution in [2.24, 2.45) is 0 Å². The van der Waals surface area contributed by atoms with Gasteiger partial charge in [0.25, 0.3) is 11.6 Å². The van der Waals surface area contributed by atoms with Crippen LogP contribution in [0.4, 0.5) is 5.69 Å². The van der Waals surface area contributed by atoms with Crippen molar-refractivity contribution in [2.45, 2.75) is 13.3 Å². The summed E-state index contributed by atoms with van der Waals surface area (Å²) in [5, 5.41) is 19.6. The second-order valence-electron chi connectivity index (χ2n) is 3.94. The summed E-state index contributed by atoms with van der Waals surface area (Å²) in [4.78, 5) is 23.7. The Morgan fingerprint density at radius 1 is 1.47 bits per heavy atom. The van der Waals surface area contributed by atoms with Gasteiger partial charge >= 0.3 is 0 Å². The fourth-order valence-corrected chi connectivity index (χ4v) is 1.92. The average molecular weight is 287 g/mol. The third kappa shape index (κ3) is 3.90. The standard InChI is InChI=1S/C12H15ClN2O4/c1-2-5-14(6-7-16)12(17)10-4-3-9(15(18)19)8-11(10)13/h3-4,8,16H,2,5-7H2,1H3. The molecule has 7 heteroatoms. The number of carbonyl (C=O) groups excluding carboxylic acids is 1. The van der Waals surface area contributed by atoms with Crippen LogP contribution in [0.15, 0.2) is 18.2 Å². The van der Waals surface area contributed by atoms with Gasteiger partial charge in [0.05, 0.1) is 22.1 Å². The Morgan fingerprint density at radius 3 is 2.63 bits per heavy atom. The van der Waals surface area contributed by atoms with Crippen LogP contribution in [-0.2, 0) is 0 Å². The third-order valence-corrected chi connectivity index (χ3v) is 2.86. The SMILES string of the molecule is CCCN(CCO)C(=O)c1ccc([N+](=O)[O-])cc1Cl. The number of nitrogens with zero attached hydrogens (tertiary/aromatic N) is 2. The summed E-state index contributed by atoms with van der Waals surface area (Å²) in [5.74, 6) is -0.337. The maximum atomic E-state index is 12.2. The summed E-state index contributed by atoms with van der Waals surface area (Å²) < 4.78 is 0. The van der Waals surface area contributed by atoms with E-state index in [9.17, 15) is 14.9 Å². The summed E-state index contributed by atoms with van der Waals surface area (Å²) in [6.07, 6.45) is 0.746. The van der Waals surface area contributed by atoms with Crippen molar-refractivity contribution < 1.29 is 14.8 Å². The molecule has 19 heavy (non-hydrogen) atoms. The van der Waals surface area contributed by atoms with Crippen LogP contribution < -0.4 is 0 Å². The highest BCUT2D eigenvalue weighted by molar-refractivity contribution is 6.34. The Hall–Kier alpha value is -1.66. The predicted octanol–water partition coefficient (Wildman–Crippen LogP) is 2.09. The molecule has 1 rings (SSSR count). The molecule has 0 saturated carbocycles. The molecule has 0 aliphatic rings. The van der Waals surface area contributed by atoms with E-state index in [0.29, 0.717) is 6.54 Å². The van der Waals surface area contributed by atoms with Gasteiger partial charge in [-0.1, -0.05) is 18.5 Å². The molecule has 0 atom stereocenters. The summed E-state index contributed by atoms with van der Waals surface area (Å²) in [6.45, 7) is 2.47. The van der Waals surface area contributed by atoms with Crippen LogP contribution in [-0.4, -0.2) is 40.5 Å². The largest absolute Gasteiger partial charge is 0.395 e. The van der Waals surface area contributed by atoms with Gasteiger partial charge in [-0.05, 0) is 12.5 Å². The maximum Gasteiger partial charge on any atom is 0.270 e. The molecule has 0 fully saturated rings. The van der Waals surface area contributed by atoms with Crippen LogP contribution in [0.2, 0.25) is 5.02 Å². The molecule has 0 aromatic heterocycles. The van der Waals surface area contributed by atoms with Crippen LogP contribution in [0.25, 0.3) is 0 Å². The van der Waals surface area contributed by atoms with E-state index in [1.807, 2.05) is 6.92 Å². The van der Waals surface area contributed by atoms with Crippen LogP contribution in [0.3, 0.4) is 0 Å². The Bertz CT molecular complexity index is 473. The number of carbonyl (C=O) groups is 1. The molecule has 0 aliphatic carbocycles. The Labute approximate surface area is 115 Å². The zero-order valence-corrected chi connectivity index (χ0v) is 11.3. The van der Waals surface area contributed by atoms with Crippen molar-refractivity contribution in [2.75, 3.05) is 19.7 Å². The Kier molecular flexibility index (Phi) is 5.72. The van der Waals surface area contributed by atoms with Crippen molar-refractivity contribution in [3.63, 3.8) is 0 Å². The lowest BCUT2D eigenvalue weighted by atomic mass is 10.1. The molecular weight excluding hydrogens is 272 g/mol. The highest BCUT2D eigenvalue weighted by Gasteiger charge is 2.19. The van der Waals surface area contributed by atoms with Gasteiger partial charge < -0.3 is 10.0 Å². The van der Waals surface area contributed by atoms with E-state index >= 15 is 0 Å². The molecule has 1 amide bonds. The van der Waals surface area contributed by atoms with Crippen LogP contribution in [0.5, 0.6) is 0 Å². The highest BCUT2D eigenvalue weighted by atomic mass is 35.5. The van der Waals surface area contributed by atoms with Crippen LogP contribution in [0, 0.1) is 10.1 Å². The van der Waals surface area contributed by atoms with Crippen molar-refractivity contribution in [3.05, 3.63) is 38.9 Å². The van der Waals surface area contributed by atoms with Crippen LogP contribution >= 0.6 is 11.6 Å². The lowest BCUT2D eigenvalue weighted by Gasteiger charge is -2.21. The van der Waals surface area contributed by atoms with Gasteiger partial charge in [0.1, 0.15) is 0 Å². The number of non-ortho nitro benzene ring substituents is 1. The fraction of sp³-hybridized carbons (Fsp3) is 0.417. The summed E-state index contributed by atoms with van der Waals surface area (Å²) >= 11 is 5.90. The summed E-state index contributed by atoms with van der Waals surface area (Å²) in [6, 6.07) is 3.73. The number of nitro groups is 1. The first-order valence-corrected chi connectivity index (χ1v) is 6.23. The van der Waals surface area contributed by atoms with E-state index in [1.165, 1.54) is 17.0 Å². The number of nitro benzene ring substituents is 1. The minimum Gasteiger partial charge on any atom is -0.395 e. The summed E-state index contributed by atoms with van der Waals surface area (Å²) in [7, 11) is 0. The van der Waals surface area contributed by atoms with Gasteiger partial charge in [-0.2, -0.15) is 0 Å². The number of rotatable bonds is 6. The van der Waals surface area contributed by atoms with E-state index in [1.54, 1.807) is 0 Å². The zero-order valence-electron chi connectivity index (χ0n) is 10.5. The third-order valence-electron chi connectivity index (χ3n) is 2.54. The molecule has 104 valence electrons. The molecule has 0 spiro atoms. The highest BCUT2D eigenvalue weighted by Crippen LogP contribution is 2.23. The van der Waals surface area contributed by atoms with Gasteiger partial charge in [-0.3, -0.25) is 14.9 Å². The maximum absolute atomic E-state index is 12.2. The van der Waals surface area contributed by atoms with E-state index in [2.05, 4.69) is 0 Å². The molecular formula is C12H15ClN2O4. The normalized spacial score (nSPS) is 10.3. The summed E-state index contributed by atoms with van der Waals surface area (Å²) in [5.41, 5.74) is 0.0416. The lowest BCUT2D eigenvalue weighted by Crippen LogP contribution is -2.34. The molecule has 1 aromatic carbocycles. The first-order chi connectivity index (χ1) is 9.01. The molecule has 0 aliphatic heterocycles. The molecule has 0 bridgehead atoms. The van der Waals surface area contributed by atoms with Crippen molar-refractivity contribution in [1.29, 1.82) is 0 Å². The molecule has 0 radical (unpaired) electrons. The van der Waals surface area contributed by atoms with Gasteiger partial charge in [0.2, 0.25) is 0 Å². The van der Waals surface area contributed by atoms with Gasteiger partial charge in [-0.15, -0.1) is 0 Å². The van der Waals surface area contributed by atoms with Crippen LogP contribution in [0.1, 0.15) is 23.7 Å². The molecule has 0 heterocycles. The Balaban J connectivity index is 3.01. The van der Waals surface area contributed by atoms with E-state index in [4.69, 9.17) is 16.7 Å². The monoisotopic (exact) mass is 286 g/mol. The van der Waals surface area contributed by atoms with Gasteiger partial charge in [-0.25, -0.2) is 0 Å². The van der Waals surface area contributed by atoms with Crippen molar-refractivity contribution in [1.82, 2.24) is 4.90 Å². The quantitative estimate of drug-likeness (QED) is 0.641. The minimum atomic E-state index is -0.572. The molecule has 1 aromatic rings. The number of amides is 1. The number of aliphatic hydroxyl groups is 1. The van der Waals surface area contributed by atoms with E-state index in [0.717, 1.165) is 12.5 Å².